The van der Waals surface area contributed by atoms with Crippen LogP contribution in [0.3, 0.4) is 0 Å². The van der Waals surface area contributed by atoms with Crippen molar-refractivity contribution in [1.82, 2.24) is 20.1 Å². The molecule has 0 aliphatic carbocycles. The lowest BCUT2D eigenvalue weighted by Gasteiger charge is -2.32. The molecular formula is C13H24Cl2N4OS. The van der Waals surface area contributed by atoms with E-state index in [-0.39, 0.29) is 30.7 Å². The van der Waals surface area contributed by atoms with Crippen molar-refractivity contribution in [3.8, 4) is 0 Å². The first kappa shape index (κ1) is 20.6. The minimum atomic E-state index is 0. The molecule has 8 heteroatoms. The number of piperidine rings is 1. The predicted octanol–water partition coefficient (Wildman–Crippen LogP) is 1.63. The topological polar surface area (TPSA) is 48.5 Å². The molecule has 1 aliphatic heterocycles. The van der Waals surface area contributed by atoms with Crippen molar-refractivity contribution in [3.05, 3.63) is 16.6 Å². The smallest absolute Gasteiger partial charge is 0.236 e. The van der Waals surface area contributed by atoms with Crippen LogP contribution in [0.25, 0.3) is 0 Å². The van der Waals surface area contributed by atoms with Gasteiger partial charge in [-0.2, -0.15) is 0 Å². The highest BCUT2D eigenvalue weighted by Crippen LogP contribution is 2.10. The van der Waals surface area contributed by atoms with Gasteiger partial charge in [-0.25, -0.2) is 4.98 Å². The number of likely N-dealkylation sites (N-methyl/N-ethyl adjacent to an activating group) is 2. The van der Waals surface area contributed by atoms with Gasteiger partial charge in [0.25, 0.3) is 0 Å². The summed E-state index contributed by atoms with van der Waals surface area (Å²) in [5.41, 5.74) is 2.76. The van der Waals surface area contributed by atoms with E-state index in [1.807, 2.05) is 19.5 Å². The first-order chi connectivity index (χ1) is 9.16. The van der Waals surface area contributed by atoms with Crippen LogP contribution in [-0.2, 0) is 11.3 Å². The molecule has 1 amide bonds. The van der Waals surface area contributed by atoms with E-state index in [1.54, 1.807) is 21.7 Å². The van der Waals surface area contributed by atoms with Crippen LogP contribution in [0.15, 0.2) is 10.9 Å². The molecule has 0 radical (unpaired) electrons. The minimum Gasteiger partial charge on any atom is -0.339 e. The number of amides is 1. The van der Waals surface area contributed by atoms with E-state index in [1.165, 1.54) is 0 Å². The summed E-state index contributed by atoms with van der Waals surface area (Å²) < 4.78 is 0. The SMILES string of the molecule is CN(Cc1cscn1)C(=O)CN(C)C1CCNCC1.Cl.Cl. The van der Waals surface area contributed by atoms with Gasteiger partial charge in [-0.1, -0.05) is 0 Å². The standard InChI is InChI=1S/C13H22N4OS.2ClH/c1-16(12-3-5-14-6-4-12)8-13(18)17(2)7-11-9-19-10-15-11;;/h9-10,12,14H,3-8H2,1-2H3;2*1H. The van der Waals surface area contributed by atoms with Crippen LogP contribution in [0.5, 0.6) is 0 Å². The number of halogens is 2. The van der Waals surface area contributed by atoms with Crippen molar-refractivity contribution >= 4 is 42.1 Å². The maximum atomic E-state index is 12.2. The van der Waals surface area contributed by atoms with E-state index in [2.05, 4.69) is 15.2 Å². The van der Waals surface area contributed by atoms with Gasteiger partial charge in [0, 0.05) is 18.5 Å². The third-order valence-electron chi connectivity index (χ3n) is 3.63. The molecule has 0 saturated carbocycles. The Morgan fingerprint density at radius 1 is 1.38 bits per heavy atom. The molecule has 5 nitrogen and oxygen atoms in total. The maximum absolute atomic E-state index is 12.2. The van der Waals surface area contributed by atoms with Crippen LogP contribution in [-0.4, -0.2) is 60.5 Å². The third kappa shape index (κ3) is 6.48. The summed E-state index contributed by atoms with van der Waals surface area (Å²) >= 11 is 1.56. The van der Waals surface area contributed by atoms with E-state index in [0.29, 0.717) is 19.1 Å². The molecule has 1 aromatic heterocycles. The summed E-state index contributed by atoms with van der Waals surface area (Å²) in [5.74, 6) is 0.161. The van der Waals surface area contributed by atoms with Gasteiger partial charge >= 0.3 is 0 Å². The number of nitrogens with one attached hydrogen (secondary N) is 1. The monoisotopic (exact) mass is 354 g/mol. The molecule has 0 spiro atoms. The van der Waals surface area contributed by atoms with E-state index < -0.39 is 0 Å². The second kappa shape index (κ2) is 10.3. The predicted molar refractivity (Wildman–Crippen MR) is 91.6 cm³/mol. The molecule has 0 atom stereocenters. The van der Waals surface area contributed by atoms with Gasteiger partial charge in [0.15, 0.2) is 0 Å². The molecule has 1 fully saturated rings. The molecular weight excluding hydrogens is 331 g/mol. The second-order valence-electron chi connectivity index (χ2n) is 5.13. The number of carbonyl (C=O) groups is 1. The number of hydrogen-bond donors (Lipinski definition) is 1. The summed E-state index contributed by atoms with van der Waals surface area (Å²) in [7, 11) is 3.89. The van der Waals surface area contributed by atoms with Crippen molar-refractivity contribution < 1.29 is 4.79 Å². The zero-order chi connectivity index (χ0) is 13.7. The number of nitrogens with zero attached hydrogens (tertiary/aromatic N) is 3. The van der Waals surface area contributed by atoms with Crippen LogP contribution in [0, 0.1) is 0 Å². The Balaban J connectivity index is 0.00000200. The van der Waals surface area contributed by atoms with Crippen LogP contribution in [0.4, 0.5) is 0 Å². The maximum Gasteiger partial charge on any atom is 0.236 e. The van der Waals surface area contributed by atoms with Crippen molar-refractivity contribution in [2.75, 3.05) is 33.7 Å². The van der Waals surface area contributed by atoms with Crippen molar-refractivity contribution in [2.45, 2.75) is 25.4 Å². The van der Waals surface area contributed by atoms with E-state index in [0.717, 1.165) is 31.6 Å². The lowest BCUT2D eigenvalue weighted by atomic mass is 10.1. The van der Waals surface area contributed by atoms with Gasteiger partial charge in [-0.15, -0.1) is 36.2 Å². The molecule has 0 unspecified atom stereocenters. The Labute approximate surface area is 142 Å². The van der Waals surface area contributed by atoms with Crippen LogP contribution >= 0.6 is 36.2 Å². The molecule has 0 aromatic carbocycles. The van der Waals surface area contributed by atoms with Gasteiger partial charge in [-0.3, -0.25) is 9.69 Å². The summed E-state index contributed by atoms with van der Waals surface area (Å²) in [5, 5.41) is 5.33. The Morgan fingerprint density at radius 2 is 2.05 bits per heavy atom. The van der Waals surface area contributed by atoms with Crippen LogP contribution in [0.2, 0.25) is 0 Å². The number of thiazole rings is 1. The molecule has 1 aliphatic rings. The molecule has 0 bridgehead atoms. The molecule has 21 heavy (non-hydrogen) atoms. The fourth-order valence-corrected chi connectivity index (χ4v) is 2.91. The zero-order valence-corrected chi connectivity index (χ0v) is 14.9. The Morgan fingerprint density at radius 3 is 2.62 bits per heavy atom. The summed E-state index contributed by atoms with van der Waals surface area (Å²) in [6.45, 7) is 3.20. The zero-order valence-electron chi connectivity index (χ0n) is 12.4. The average molecular weight is 355 g/mol. The van der Waals surface area contributed by atoms with Crippen molar-refractivity contribution in [3.63, 3.8) is 0 Å². The van der Waals surface area contributed by atoms with Crippen molar-refractivity contribution in [1.29, 1.82) is 0 Å². The number of hydrogen-bond acceptors (Lipinski definition) is 5. The summed E-state index contributed by atoms with van der Waals surface area (Å²) in [6.07, 6.45) is 2.25. The Bertz CT molecular complexity index is 399. The van der Waals surface area contributed by atoms with Crippen molar-refractivity contribution in [2.24, 2.45) is 0 Å². The van der Waals surface area contributed by atoms with Gasteiger partial charge in [0.1, 0.15) is 0 Å². The molecule has 1 aromatic rings. The second-order valence-corrected chi connectivity index (χ2v) is 5.84. The highest BCUT2D eigenvalue weighted by atomic mass is 35.5. The summed E-state index contributed by atoms with van der Waals surface area (Å²) in [4.78, 5) is 20.3. The summed E-state index contributed by atoms with van der Waals surface area (Å²) in [6, 6.07) is 0.526. The van der Waals surface area contributed by atoms with Gasteiger partial charge in [-0.05, 0) is 33.0 Å². The first-order valence-electron chi connectivity index (χ1n) is 6.69. The normalized spacial score (nSPS) is 15.2. The molecule has 2 heterocycles. The van der Waals surface area contributed by atoms with Crippen LogP contribution in [0.1, 0.15) is 18.5 Å². The van der Waals surface area contributed by atoms with Gasteiger partial charge < -0.3 is 10.2 Å². The number of rotatable bonds is 5. The molecule has 2 rings (SSSR count). The fraction of sp³-hybridized carbons (Fsp3) is 0.692. The third-order valence-corrected chi connectivity index (χ3v) is 4.26. The fourth-order valence-electron chi connectivity index (χ4n) is 2.36. The number of aromatic nitrogens is 1. The van der Waals surface area contributed by atoms with E-state index in [4.69, 9.17) is 0 Å². The molecule has 1 saturated heterocycles. The lowest BCUT2D eigenvalue weighted by molar-refractivity contribution is -0.132. The first-order valence-corrected chi connectivity index (χ1v) is 7.63. The van der Waals surface area contributed by atoms with Crippen LogP contribution < -0.4 is 5.32 Å². The largest absolute Gasteiger partial charge is 0.339 e. The Hall–Kier alpha value is -0.400. The minimum absolute atomic E-state index is 0. The highest BCUT2D eigenvalue weighted by Gasteiger charge is 2.21. The van der Waals surface area contributed by atoms with E-state index in [9.17, 15) is 4.79 Å². The number of carbonyl (C=O) groups excluding carboxylic acids is 1. The van der Waals surface area contributed by atoms with Gasteiger partial charge in [0.05, 0.1) is 24.3 Å². The highest BCUT2D eigenvalue weighted by molar-refractivity contribution is 7.07. The lowest BCUT2D eigenvalue weighted by Crippen LogP contribution is -2.45. The Kier molecular flexibility index (Phi) is 10.1. The quantitative estimate of drug-likeness (QED) is 0.872. The molecule has 122 valence electrons. The van der Waals surface area contributed by atoms with E-state index >= 15 is 0 Å². The average Bonchev–Trinajstić information content (AvgIpc) is 2.92. The van der Waals surface area contributed by atoms with Gasteiger partial charge in [0.2, 0.25) is 5.91 Å². The molecule has 1 N–H and O–H groups in total.